The van der Waals surface area contributed by atoms with Gasteiger partial charge in [-0.3, -0.25) is 30.1 Å². The molecule has 3 amide bonds. The number of halogens is 1. The van der Waals surface area contributed by atoms with Crippen LogP contribution in [0.5, 0.6) is 0 Å². The molecule has 2 heterocycles. The van der Waals surface area contributed by atoms with Gasteiger partial charge in [0.15, 0.2) is 0 Å². The van der Waals surface area contributed by atoms with Gasteiger partial charge in [-0.2, -0.15) is 0 Å². The molecule has 144 valence electrons. The highest BCUT2D eigenvalue weighted by atomic mass is 32.2. The van der Waals surface area contributed by atoms with Crippen LogP contribution in [0.25, 0.3) is 6.08 Å². The van der Waals surface area contributed by atoms with E-state index in [4.69, 9.17) is 16.6 Å². The van der Waals surface area contributed by atoms with Crippen LogP contribution in [-0.2, 0) is 9.59 Å². The molecule has 0 saturated carbocycles. The standard InChI is InChI=1S/C18H14FN3O4S2/c19-12-5-3-11(4-6-12)16(24)21-20-15(23)7-8-22-17(25)14(28-18(22)27)10-13-2-1-9-26-13/h1-6,9-10H,7-8H2,(H,20,23)(H,21,24). The minimum absolute atomic E-state index is 0.0653. The van der Waals surface area contributed by atoms with Crippen molar-refractivity contribution in [3.05, 3.63) is 64.7 Å². The third-order valence-electron chi connectivity index (χ3n) is 3.67. The van der Waals surface area contributed by atoms with Crippen molar-refractivity contribution in [1.29, 1.82) is 0 Å². The van der Waals surface area contributed by atoms with Crippen molar-refractivity contribution >= 4 is 52.1 Å². The van der Waals surface area contributed by atoms with E-state index in [0.717, 1.165) is 23.9 Å². The monoisotopic (exact) mass is 419 g/mol. The summed E-state index contributed by atoms with van der Waals surface area (Å²) in [6, 6.07) is 8.29. The Morgan fingerprint density at radius 3 is 2.64 bits per heavy atom. The van der Waals surface area contributed by atoms with E-state index in [0.29, 0.717) is 15.0 Å². The summed E-state index contributed by atoms with van der Waals surface area (Å²) in [4.78, 5) is 37.9. The third kappa shape index (κ3) is 4.84. The normalized spacial score (nSPS) is 15.2. The highest BCUT2D eigenvalue weighted by Crippen LogP contribution is 2.32. The van der Waals surface area contributed by atoms with E-state index in [2.05, 4.69) is 10.9 Å². The lowest BCUT2D eigenvalue weighted by Crippen LogP contribution is -2.43. The van der Waals surface area contributed by atoms with Crippen molar-refractivity contribution in [2.75, 3.05) is 6.54 Å². The van der Waals surface area contributed by atoms with E-state index in [1.807, 2.05) is 0 Å². The summed E-state index contributed by atoms with van der Waals surface area (Å²) in [6.45, 7) is 0.0679. The van der Waals surface area contributed by atoms with Crippen molar-refractivity contribution in [2.24, 2.45) is 0 Å². The summed E-state index contributed by atoms with van der Waals surface area (Å²) in [5.74, 6) is -1.33. The number of amides is 3. The summed E-state index contributed by atoms with van der Waals surface area (Å²) in [6.07, 6.45) is 3.02. The second kappa shape index (κ2) is 8.81. The van der Waals surface area contributed by atoms with Crippen molar-refractivity contribution in [3.8, 4) is 0 Å². The molecule has 0 spiro atoms. The first kappa shape index (κ1) is 19.8. The number of carbonyl (C=O) groups excluding carboxylic acids is 3. The quantitative estimate of drug-likeness (QED) is 0.440. The Hall–Kier alpha value is -2.98. The predicted molar refractivity (Wildman–Crippen MR) is 105 cm³/mol. The molecule has 0 aliphatic carbocycles. The molecule has 1 aromatic carbocycles. The molecule has 1 aliphatic heterocycles. The number of rotatable bonds is 5. The van der Waals surface area contributed by atoms with Gasteiger partial charge in [-0.15, -0.1) is 0 Å². The fourth-order valence-corrected chi connectivity index (χ4v) is 3.56. The lowest BCUT2D eigenvalue weighted by molar-refractivity contribution is -0.124. The molecule has 1 fully saturated rings. The van der Waals surface area contributed by atoms with Gasteiger partial charge < -0.3 is 4.42 Å². The number of thiocarbonyl (C=S) groups is 1. The van der Waals surface area contributed by atoms with Crippen molar-refractivity contribution in [1.82, 2.24) is 15.8 Å². The van der Waals surface area contributed by atoms with Crippen LogP contribution < -0.4 is 10.9 Å². The van der Waals surface area contributed by atoms with Crippen molar-refractivity contribution in [2.45, 2.75) is 6.42 Å². The van der Waals surface area contributed by atoms with Gasteiger partial charge in [0.1, 0.15) is 15.9 Å². The molecule has 1 aromatic heterocycles. The molecule has 0 unspecified atom stereocenters. The molecular weight excluding hydrogens is 405 g/mol. The Kier molecular flexibility index (Phi) is 6.22. The molecule has 0 radical (unpaired) electrons. The Bertz CT molecular complexity index is 942. The van der Waals surface area contributed by atoms with Gasteiger partial charge >= 0.3 is 0 Å². The largest absolute Gasteiger partial charge is 0.465 e. The zero-order valence-electron chi connectivity index (χ0n) is 14.3. The topological polar surface area (TPSA) is 91.7 Å². The minimum Gasteiger partial charge on any atom is -0.465 e. The number of hydrogen-bond donors (Lipinski definition) is 2. The van der Waals surface area contributed by atoms with E-state index < -0.39 is 17.6 Å². The smallest absolute Gasteiger partial charge is 0.269 e. The van der Waals surface area contributed by atoms with Gasteiger partial charge in [0.2, 0.25) is 5.91 Å². The third-order valence-corrected chi connectivity index (χ3v) is 5.05. The molecule has 3 rings (SSSR count). The summed E-state index contributed by atoms with van der Waals surface area (Å²) in [7, 11) is 0. The molecule has 10 heteroatoms. The highest BCUT2D eigenvalue weighted by molar-refractivity contribution is 8.26. The van der Waals surface area contributed by atoms with Gasteiger partial charge in [-0.05, 0) is 36.4 Å². The molecule has 2 N–H and O–H groups in total. The van der Waals surface area contributed by atoms with Gasteiger partial charge in [0, 0.05) is 24.6 Å². The number of nitrogens with zero attached hydrogens (tertiary/aromatic N) is 1. The highest BCUT2D eigenvalue weighted by Gasteiger charge is 2.32. The van der Waals surface area contributed by atoms with Gasteiger partial charge in [-0.1, -0.05) is 24.0 Å². The number of nitrogens with one attached hydrogen (secondary N) is 2. The summed E-state index contributed by atoms with van der Waals surface area (Å²) in [5, 5.41) is 0. The molecule has 1 aliphatic rings. The SMILES string of the molecule is O=C(CCN1C(=O)C(=Cc2ccco2)SC1=S)NNC(=O)c1ccc(F)cc1. The van der Waals surface area contributed by atoms with Gasteiger partial charge in [-0.25, -0.2) is 4.39 Å². The van der Waals surface area contributed by atoms with Crippen molar-refractivity contribution in [3.63, 3.8) is 0 Å². The van der Waals surface area contributed by atoms with E-state index in [-0.39, 0.29) is 24.4 Å². The maximum Gasteiger partial charge on any atom is 0.269 e. The summed E-state index contributed by atoms with van der Waals surface area (Å²) in [5.41, 5.74) is 4.67. The zero-order valence-corrected chi connectivity index (χ0v) is 15.9. The van der Waals surface area contributed by atoms with Gasteiger partial charge in [0.25, 0.3) is 11.8 Å². The molecule has 0 bridgehead atoms. The van der Waals surface area contributed by atoms with Crippen LogP contribution in [0.4, 0.5) is 4.39 Å². The number of hydrazine groups is 1. The van der Waals surface area contributed by atoms with Crippen LogP contribution >= 0.6 is 24.0 Å². The first-order chi connectivity index (χ1) is 13.4. The average Bonchev–Trinajstić information content (AvgIpc) is 3.27. The fraction of sp³-hybridized carbons (Fsp3) is 0.111. The lowest BCUT2D eigenvalue weighted by atomic mass is 10.2. The number of hydrogen-bond acceptors (Lipinski definition) is 6. The number of benzene rings is 1. The molecule has 2 aromatic rings. The number of thioether (sulfide) groups is 1. The van der Waals surface area contributed by atoms with Crippen LogP contribution in [0.2, 0.25) is 0 Å². The summed E-state index contributed by atoms with van der Waals surface area (Å²) >= 11 is 6.31. The van der Waals surface area contributed by atoms with Crippen molar-refractivity contribution < 1.29 is 23.2 Å². The Labute approximate surface area is 168 Å². The van der Waals surface area contributed by atoms with Gasteiger partial charge in [0.05, 0.1) is 11.2 Å². The van der Waals surface area contributed by atoms with Crippen LogP contribution in [-0.4, -0.2) is 33.5 Å². The van der Waals surface area contributed by atoms with E-state index in [1.165, 1.54) is 23.3 Å². The van der Waals surface area contributed by atoms with Crippen LogP contribution in [0.15, 0.2) is 52.0 Å². The van der Waals surface area contributed by atoms with Crippen LogP contribution in [0, 0.1) is 5.82 Å². The summed E-state index contributed by atoms with van der Waals surface area (Å²) < 4.78 is 18.4. The van der Waals surface area contributed by atoms with Crippen LogP contribution in [0.3, 0.4) is 0 Å². The maximum absolute atomic E-state index is 12.9. The predicted octanol–water partition coefficient (Wildman–Crippen LogP) is 2.47. The van der Waals surface area contributed by atoms with E-state index in [1.54, 1.807) is 18.2 Å². The Balaban J connectivity index is 1.49. The second-order valence-corrected chi connectivity index (χ2v) is 7.28. The molecule has 1 saturated heterocycles. The van der Waals surface area contributed by atoms with E-state index >= 15 is 0 Å². The first-order valence-corrected chi connectivity index (χ1v) is 9.30. The lowest BCUT2D eigenvalue weighted by Gasteiger charge is -2.14. The Morgan fingerprint density at radius 1 is 1.21 bits per heavy atom. The van der Waals surface area contributed by atoms with E-state index in [9.17, 15) is 18.8 Å². The zero-order chi connectivity index (χ0) is 20.1. The second-order valence-electron chi connectivity index (χ2n) is 5.61. The first-order valence-electron chi connectivity index (χ1n) is 8.07. The molecule has 0 atom stereocenters. The Morgan fingerprint density at radius 2 is 1.96 bits per heavy atom. The average molecular weight is 419 g/mol. The van der Waals surface area contributed by atoms with Crippen LogP contribution in [0.1, 0.15) is 22.5 Å². The minimum atomic E-state index is -0.583. The number of furan rings is 1. The maximum atomic E-state index is 12.9. The molecule has 28 heavy (non-hydrogen) atoms. The fourth-order valence-electron chi connectivity index (χ4n) is 2.27. The molecule has 7 nitrogen and oxygen atoms in total. The number of carbonyl (C=O) groups is 3. The molecular formula is C18H14FN3O4S2.